The Labute approximate surface area is 299 Å². The summed E-state index contributed by atoms with van der Waals surface area (Å²) in [5.41, 5.74) is 15.0. The second-order valence-electron chi connectivity index (χ2n) is 13.1. The van der Waals surface area contributed by atoms with Crippen LogP contribution in [-0.2, 0) is 6.54 Å². The Morgan fingerprint density at radius 1 is 0.500 bits per heavy atom. The van der Waals surface area contributed by atoms with Gasteiger partial charge in [-0.3, -0.25) is 4.99 Å². The fraction of sp³-hybridized carbons (Fsp3) is 0.0213. The molecule has 0 saturated carbocycles. The van der Waals surface area contributed by atoms with Crippen molar-refractivity contribution < 1.29 is 8.83 Å². The van der Waals surface area contributed by atoms with Crippen molar-refractivity contribution in [1.82, 2.24) is 0 Å². The van der Waals surface area contributed by atoms with Crippen LogP contribution in [0.15, 0.2) is 183 Å². The Balaban J connectivity index is 1.08. The summed E-state index contributed by atoms with van der Waals surface area (Å²) in [5, 5.41) is 9.07. The SMILES string of the molecule is N/C(=N\C(=N/Cc1ccc(-c2ccc3c(ccc4ccccc43)c2)c2oc3ccccc3c12)c1ccccc1)c1ccc2oc3ccccc3c2c1. The molecule has 2 N–H and O–H groups in total. The number of furan rings is 2. The lowest BCUT2D eigenvalue weighted by Gasteiger charge is -2.10. The normalized spacial score (nSPS) is 12.6. The van der Waals surface area contributed by atoms with E-state index < -0.39 is 0 Å². The van der Waals surface area contributed by atoms with Crippen molar-refractivity contribution in [3.05, 3.63) is 180 Å². The van der Waals surface area contributed by atoms with E-state index in [1.807, 2.05) is 78.9 Å². The Morgan fingerprint density at radius 2 is 1.19 bits per heavy atom. The van der Waals surface area contributed by atoms with Gasteiger partial charge in [0.15, 0.2) is 5.84 Å². The summed E-state index contributed by atoms with van der Waals surface area (Å²) in [4.78, 5) is 10.1. The summed E-state index contributed by atoms with van der Waals surface area (Å²) < 4.78 is 12.7. The molecule has 5 nitrogen and oxygen atoms in total. The third-order valence-electron chi connectivity index (χ3n) is 10.00. The van der Waals surface area contributed by atoms with Crippen LogP contribution >= 0.6 is 0 Å². The van der Waals surface area contributed by atoms with Crippen molar-refractivity contribution in [2.75, 3.05) is 0 Å². The minimum Gasteiger partial charge on any atom is -0.456 e. The highest BCUT2D eigenvalue weighted by Crippen LogP contribution is 2.40. The zero-order valence-electron chi connectivity index (χ0n) is 28.1. The standard InChI is InChI=1S/C47H31N3O2/c48-46(33-22-25-43-40(27-33)38-14-6-8-16-41(38)51-43)50-47(30-11-2-1-3-12-30)49-28-34-21-24-37(45-44(34)39-15-7-9-17-42(39)52-45)32-20-23-36-31(26-32)19-18-29-10-4-5-13-35(29)36/h1-27H,28H2,(H2,48,49,50). The molecule has 246 valence electrons. The average molecular weight is 670 g/mol. The molecule has 0 bridgehead atoms. The number of nitrogens with two attached hydrogens (primary N) is 1. The van der Waals surface area contributed by atoms with E-state index in [2.05, 4.69) is 84.9 Å². The molecule has 0 fully saturated rings. The fourth-order valence-corrected chi connectivity index (χ4v) is 7.44. The molecular formula is C47H31N3O2. The third-order valence-corrected chi connectivity index (χ3v) is 10.00. The third kappa shape index (κ3) is 5.02. The van der Waals surface area contributed by atoms with Crippen LogP contribution in [0.5, 0.6) is 0 Å². The number of hydrogen-bond acceptors (Lipinski definition) is 3. The van der Waals surface area contributed by atoms with Crippen molar-refractivity contribution in [1.29, 1.82) is 0 Å². The largest absolute Gasteiger partial charge is 0.456 e. The fourth-order valence-electron chi connectivity index (χ4n) is 7.44. The molecule has 0 aliphatic carbocycles. The minimum atomic E-state index is 0.383. The molecule has 10 rings (SSSR count). The summed E-state index contributed by atoms with van der Waals surface area (Å²) in [6.45, 7) is 0.385. The van der Waals surface area contributed by atoms with Gasteiger partial charge in [0.2, 0.25) is 0 Å². The summed E-state index contributed by atoms with van der Waals surface area (Å²) in [7, 11) is 0. The topological polar surface area (TPSA) is 77.0 Å². The van der Waals surface area contributed by atoms with Crippen molar-refractivity contribution in [3.8, 4) is 11.1 Å². The molecule has 5 heteroatoms. The lowest BCUT2D eigenvalue weighted by atomic mass is 9.95. The first-order valence-electron chi connectivity index (χ1n) is 17.4. The average Bonchev–Trinajstić information content (AvgIpc) is 3.78. The van der Waals surface area contributed by atoms with Crippen LogP contribution in [0.3, 0.4) is 0 Å². The van der Waals surface area contributed by atoms with Gasteiger partial charge in [-0.25, -0.2) is 4.99 Å². The van der Waals surface area contributed by atoms with Crippen molar-refractivity contribution in [3.63, 3.8) is 0 Å². The lowest BCUT2D eigenvalue weighted by molar-refractivity contribution is 0.669. The summed E-state index contributed by atoms with van der Waals surface area (Å²) in [6.07, 6.45) is 0. The van der Waals surface area contributed by atoms with Gasteiger partial charge in [-0.15, -0.1) is 0 Å². The Bertz CT molecular complexity index is 3060. The van der Waals surface area contributed by atoms with Gasteiger partial charge in [0.25, 0.3) is 0 Å². The van der Waals surface area contributed by atoms with Crippen molar-refractivity contribution in [2.45, 2.75) is 6.54 Å². The van der Waals surface area contributed by atoms with E-state index in [4.69, 9.17) is 24.6 Å². The van der Waals surface area contributed by atoms with E-state index in [9.17, 15) is 0 Å². The Morgan fingerprint density at radius 3 is 2.06 bits per heavy atom. The monoisotopic (exact) mass is 669 g/mol. The van der Waals surface area contributed by atoms with Crippen LogP contribution in [0.1, 0.15) is 16.7 Å². The van der Waals surface area contributed by atoms with Gasteiger partial charge < -0.3 is 14.6 Å². The molecule has 2 aromatic heterocycles. The first-order valence-corrected chi connectivity index (χ1v) is 17.4. The smallest absolute Gasteiger partial charge is 0.157 e. The van der Waals surface area contributed by atoms with Crippen molar-refractivity contribution >= 4 is 77.1 Å². The van der Waals surface area contributed by atoms with E-state index >= 15 is 0 Å². The number of nitrogens with zero attached hydrogens (tertiary/aromatic N) is 2. The molecule has 0 radical (unpaired) electrons. The van der Waals surface area contributed by atoms with Crippen LogP contribution in [0.2, 0.25) is 0 Å². The number of amidine groups is 2. The Hall–Kier alpha value is -6.98. The molecule has 0 amide bonds. The second-order valence-corrected chi connectivity index (χ2v) is 13.1. The van der Waals surface area contributed by atoms with Crippen LogP contribution in [0, 0.1) is 0 Å². The quantitative estimate of drug-likeness (QED) is 0.113. The predicted octanol–water partition coefficient (Wildman–Crippen LogP) is 11.8. The van der Waals surface area contributed by atoms with Gasteiger partial charge >= 0.3 is 0 Å². The van der Waals surface area contributed by atoms with Gasteiger partial charge in [0.05, 0.1) is 6.54 Å². The molecule has 8 aromatic carbocycles. The van der Waals surface area contributed by atoms with Gasteiger partial charge in [-0.05, 0) is 69.1 Å². The minimum absolute atomic E-state index is 0.383. The summed E-state index contributed by atoms with van der Waals surface area (Å²) >= 11 is 0. The molecule has 0 spiro atoms. The second kappa shape index (κ2) is 12.1. The number of aliphatic imine (C=N–C) groups is 2. The highest BCUT2D eigenvalue weighted by molar-refractivity contribution is 6.15. The highest BCUT2D eigenvalue weighted by Gasteiger charge is 2.17. The molecule has 0 aliphatic rings. The molecule has 0 unspecified atom stereocenters. The van der Waals surface area contributed by atoms with Crippen LogP contribution in [0.25, 0.3) is 76.5 Å². The van der Waals surface area contributed by atoms with Crippen LogP contribution in [0.4, 0.5) is 0 Å². The molecular weight excluding hydrogens is 639 g/mol. The first-order chi connectivity index (χ1) is 25.7. The van der Waals surface area contributed by atoms with E-state index in [0.717, 1.165) is 71.7 Å². The number of para-hydroxylation sites is 2. The van der Waals surface area contributed by atoms with E-state index in [1.54, 1.807) is 0 Å². The zero-order valence-corrected chi connectivity index (χ0v) is 28.1. The van der Waals surface area contributed by atoms with Gasteiger partial charge in [-0.1, -0.05) is 127 Å². The van der Waals surface area contributed by atoms with E-state index in [0.29, 0.717) is 18.2 Å². The predicted molar refractivity (Wildman–Crippen MR) is 215 cm³/mol. The number of hydrogen-bond donors (Lipinski definition) is 1. The summed E-state index contributed by atoms with van der Waals surface area (Å²) in [6, 6.07) is 56.1. The molecule has 0 atom stereocenters. The van der Waals surface area contributed by atoms with E-state index in [-0.39, 0.29) is 0 Å². The number of benzene rings is 8. The van der Waals surface area contributed by atoms with Crippen molar-refractivity contribution in [2.24, 2.45) is 15.7 Å². The molecule has 10 aromatic rings. The number of fused-ring (bicyclic) bond motifs is 9. The Kier molecular flexibility index (Phi) is 6.96. The molecule has 2 heterocycles. The van der Waals surface area contributed by atoms with Crippen LogP contribution < -0.4 is 5.73 Å². The summed E-state index contributed by atoms with van der Waals surface area (Å²) in [5.74, 6) is 0.940. The maximum atomic E-state index is 6.73. The van der Waals surface area contributed by atoms with Crippen LogP contribution in [-0.4, -0.2) is 11.7 Å². The highest BCUT2D eigenvalue weighted by atomic mass is 16.3. The van der Waals surface area contributed by atoms with Gasteiger partial charge in [-0.2, -0.15) is 0 Å². The zero-order chi connectivity index (χ0) is 34.6. The molecule has 0 aliphatic heterocycles. The van der Waals surface area contributed by atoms with Gasteiger partial charge in [0.1, 0.15) is 28.2 Å². The lowest BCUT2D eigenvalue weighted by Crippen LogP contribution is -2.16. The maximum Gasteiger partial charge on any atom is 0.157 e. The maximum absolute atomic E-state index is 6.73. The number of rotatable bonds is 5. The molecule has 52 heavy (non-hydrogen) atoms. The molecule has 0 saturated heterocycles. The van der Waals surface area contributed by atoms with Gasteiger partial charge in [0, 0.05) is 38.2 Å². The first kappa shape index (κ1) is 29.9. The van der Waals surface area contributed by atoms with E-state index in [1.165, 1.54) is 21.5 Å².